The molecule has 1 unspecified atom stereocenters. The predicted molar refractivity (Wildman–Crippen MR) is 78.3 cm³/mol. The number of aromatic nitrogens is 2. The average molecular weight is 272 g/mol. The lowest BCUT2D eigenvalue weighted by Gasteiger charge is -2.22. The van der Waals surface area contributed by atoms with Crippen molar-refractivity contribution in [3.05, 3.63) is 16.4 Å². The van der Waals surface area contributed by atoms with Crippen LogP contribution < -0.4 is 5.32 Å². The highest BCUT2D eigenvalue weighted by molar-refractivity contribution is 6.31. The maximum atomic E-state index is 6.45. The number of nitrogens with one attached hydrogen (secondary N) is 1. The Hall–Kier alpha value is -0.540. The van der Waals surface area contributed by atoms with Gasteiger partial charge >= 0.3 is 0 Å². The topological polar surface area (TPSA) is 29.9 Å². The Kier molecular flexibility index (Phi) is 6.16. The summed E-state index contributed by atoms with van der Waals surface area (Å²) >= 11 is 6.45. The molecule has 18 heavy (non-hydrogen) atoms. The van der Waals surface area contributed by atoms with Crippen LogP contribution in [0.1, 0.15) is 46.0 Å². The van der Waals surface area contributed by atoms with Gasteiger partial charge in [-0.05, 0) is 25.8 Å². The SMILES string of the molecule is CCNC(Cc1c(Cl)c(CC)nn1CC)C(C)C. The van der Waals surface area contributed by atoms with Crippen molar-refractivity contribution >= 4 is 11.6 Å². The van der Waals surface area contributed by atoms with Gasteiger partial charge in [-0.25, -0.2) is 0 Å². The highest BCUT2D eigenvalue weighted by Crippen LogP contribution is 2.24. The number of hydrogen-bond donors (Lipinski definition) is 1. The third-order valence-corrected chi connectivity index (χ3v) is 3.81. The molecule has 1 rings (SSSR count). The largest absolute Gasteiger partial charge is 0.314 e. The lowest BCUT2D eigenvalue weighted by Crippen LogP contribution is -2.36. The molecule has 0 amide bonds. The fourth-order valence-electron chi connectivity index (χ4n) is 2.23. The summed E-state index contributed by atoms with van der Waals surface area (Å²) in [6.07, 6.45) is 1.84. The van der Waals surface area contributed by atoms with Crippen LogP contribution in [-0.2, 0) is 19.4 Å². The average Bonchev–Trinajstić information content (AvgIpc) is 2.65. The molecule has 1 heterocycles. The van der Waals surface area contributed by atoms with Crippen molar-refractivity contribution < 1.29 is 0 Å². The minimum atomic E-state index is 0.458. The van der Waals surface area contributed by atoms with Gasteiger partial charge in [0, 0.05) is 19.0 Å². The van der Waals surface area contributed by atoms with Crippen LogP contribution in [0, 0.1) is 5.92 Å². The molecule has 0 aromatic carbocycles. The molecule has 1 aromatic rings. The first kappa shape index (κ1) is 15.5. The number of halogens is 1. The van der Waals surface area contributed by atoms with E-state index in [1.54, 1.807) is 0 Å². The van der Waals surface area contributed by atoms with E-state index in [1.807, 2.05) is 4.68 Å². The van der Waals surface area contributed by atoms with E-state index in [2.05, 4.69) is 45.0 Å². The van der Waals surface area contributed by atoms with Gasteiger partial charge in [-0.15, -0.1) is 0 Å². The number of hydrogen-bond acceptors (Lipinski definition) is 2. The van der Waals surface area contributed by atoms with Crippen LogP contribution in [-0.4, -0.2) is 22.4 Å². The Bertz CT molecular complexity index is 371. The van der Waals surface area contributed by atoms with Crippen LogP contribution >= 0.6 is 11.6 Å². The Morgan fingerprint density at radius 1 is 1.28 bits per heavy atom. The normalized spacial score (nSPS) is 13.3. The maximum absolute atomic E-state index is 6.45. The molecule has 1 aromatic heterocycles. The van der Waals surface area contributed by atoms with Crippen LogP contribution in [0.15, 0.2) is 0 Å². The van der Waals surface area contributed by atoms with E-state index >= 15 is 0 Å². The van der Waals surface area contributed by atoms with Gasteiger partial charge in [-0.2, -0.15) is 5.10 Å². The van der Waals surface area contributed by atoms with Crippen LogP contribution in [0.4, 0.5) is 0 Å². The fourth-order valence-corrected chi connectivity index (χ4v) is 2.57. The van der Waals surface area contributed by atoms with Crippen molar-refractivity contribution in [1.82, 2.24) is 15.1 Å². The molecule has 0 saturated heterocycles. The highest BCUT2D eigenvalue weighted by atomic mass is 35.5. The monoisotopic (exact) mass is 271 g/mol. The Morgan fingerprint density at radius 3 is 2.39 bits per heavy atom. The molecule has 0 fully saturated rings. The Morgan fingerprint density at radius 2 is 1.94 bits per heavy atom. The van der Waals surface area contributed by atoms with Crippen molar-refractivity contribution in [2.45, 2.75) is 60.0 Å². The van der Waals surface area contributed by atoms with E-state index in [1.165, 1.54) is 5.69 Å². The van der Waals surface area contributed by atoms with Crippen molar-refractivity contribution in [1.29, 1.82) is 0 Å². The van der Waals surface area contributed by atoms with E-state index in [-0.39, 0.29) is 0 Å². The second kappa shape index (κ2) is 7.15. The molecular formula is C14H26ClN3. The molecule has 0 saturated carbocycles. The fraction of sp³-hybridized carbons (Fsp3) is 0.786. The molecule has 0 spiro atoms. The summed E-state index contributed by atoms with van der Waals surface area (Å²) in [5.74, 6) is 0.589. The first-order valence-electron chi connectivity index (χ1n) is 7.02. The molecule has 3 nitrogen and oxygen atoms in total. The first-order valence-corrected chi connectivity index (χ1v) is 7.40. The van der Waals surface area contributed by atoms with Gasteiger partial charge in [-0.3, -0.25) is 4.68 Å². The number of aryl methyl sites for hydroxylation is 2. The van der Waals surface area contributed by atoms with E-state index in [0.717, 1.165) is 36.6 Å². The van der Waals surface area contributed by atoms with Gasteiger partial charge in [0.1, 0.15) is 0 Å². The smallest absolute Gasteiger partial charge is 0.0850 e. The Balaban J connectivity index is 2.96. The van der Waals surface area contributed by atoms with Crippen LogP contribution in [0.2, 0.25) is 5.02 Å². The van der Waals surface area contributed by atoms with Crippen molar-refractivity contribution in [2.24, 2.45) is 5.92 Å². The van der Waals surface area contributed by atoms with Gasteiger partial charge in [0.15, 0.2) is 0 Å². The second-order valence-electron chi connectivity index (χ2n) is 4.99. The zero-order valence-electron chi connectivity index (χ0n) is 12.3. The van der Waals surface area contributed by atoms with Gasteiger partial charge < -0.3 is 5.32 Å². The molecular weight excluding hydrogens is 246 g/mol. The lowest BCUT2D eigenvalue weighted by molar-refractivity contribution is 0.395. The molecule has 1 N–H and O–H groups in total. The van der Waals surface area contributed by atoms with Crippen molar-refractivity contribution in [3.8, 4) is 0 Å². The quantitative estimate of drug-likeness (QED) is 0.825. The van der Waals surface area contributed by atoms with E-state index in [9.17, 15) is 0 Å². The molecule has 0 aliphatic carbocycles. The third-order valence-electron chi connectivity index (χ3n) is 3.38. The molecule has 0 radical (unpaired) electrons. The second-order valence-corrected chi connectivity index (χ2v) is 5.37. The standard InChI is InChI=1S/C14H26ClN3/c1-6-11-14(15)13(18(8-3)17-11)9-12(10(4)5)16-7-2/h10,12,16H,6-9H2,1-5H3. The summed E-state index contributed by atoms with van der Waals surface area (Å²) < 4.78 is 2.05. The molecule has 4 heteroatoms. The van der Waals surface area contributed by atoms with Crippen molar-refractivity contribution in [2.75, 3.05) is 6.54 Å². The summed E-state index contributed by atoms with van der Waals surface area (Å²) in [6.45, 7) is 12.7. The number of likely N-dealkylation sites (N-methyl/N-ethyl adjacent to an activating group) is 1. The number of nitrogens with zero attached hydrogens (tertiary/aromatic N) is 2. The Labute approximate surface area is 116 Å². The van der Waals surface area contributed by atoms with Crippen LogP contribution in [0.5, 0.6) is 0 Å². The maximum Gasteiger partial charge on any atom is 0.0850 e. The molecule has 0 aliphatic rings. The third kappa shape index (κ3) is 3.48. The minimum absolute atomic E-state index is 0.458. The van der Waals surface area contributed by atoms with E-state index in [0.29, 0.717) is 12.0 Å². The molecule has 1 atom stereocenters. The summed E-state index contributed by atoms with van der Waals surface area (Å²) in [7, 11) is 0. The van der Waals surface area contributed by atoms with Crippen molar-refractivity contribution in [3.63, 3.8) is 0 Å². The van der Waals surface area contributed by atoms with Gasteiger partial charge in [-0.1, -0.05) is 39.3 Å². The summed E-state index contributed by atoms with van der Waals surface area (Å²) in [5, 5.41) is 8.98. The van der Waals surface area contributed by atoms with Crippen LogP contribution in [0.25, 0.3) is 0 Å². The zero-order chi connectivity index (χ0) is 13.7. The van der Waals surface area contributed by atoms with Gasteiger partial charge in [0.25, 0.3) is 0 Å². The van der Waals surface area contributed by atoms with E-state index in [4.69, 9.17) is 11.6 Å². The lowest BCUT2D eigenvalue weighted by atomic mass is 9.99. The van der Waals surface area contributed by atoms with Gasteiger partial charge in [0.05, 0.1) is 16.4 Å². The van der Waals surface area contributed by atoms with Gasteiger partial charge in [0.2, 0.25) is 0 Å². The predicted octanol–water partition coefficient (Wildman–Crippen LogP) is 3.30. The molecule has 104 valence electrons. The van der Waals surface area contributed by atoms with E-state index < -0.39 is 0 Å². The first-order chi connectivity index (χ1) is 8.54. The summed E-state index contributed by atoms with van der Waals surface area (Å²) in [4.78, 5) is 0. The highest BCUT2D eigenvalue weighted by Gasteiger charge is 2.20. The number of rotatable bonds is 7. The minimum Gasteiger partial charge on any atom is -0.314 e. The molecule has 0 aliphatic heterocycles. The molecule has 0 bridgehead atoms. The zero-order valence-corrected chi connectivity index (χ0v) is 13.0. The van der Waals surface area contributed by atoms with Crippen LogP contribution in [0.3, 0.4) is 0 Å². The summed E-state index contributed by atoms with van der Waals surface area (Å²) in [5.41, 5.74) is 2.20. The summed E-state index contributed by atoms with van der Waals surface area (Å²) in [6, 6.07) is 0.458.